The van der Waals surface area contributed by atoms with E-state index in [1.54, 1.807) is 54.6 Å². The standard InChI is InChI=1S/C23H21NO7/c1-29-22(27)19-13-31-14-24(20(19)23(28)30-2)17-10-8-15(9-11-17)12-18(21(25)26)16-6-4-3-5-7-16/h3-12H,13-14H2,1-2H3,(H,25,26). The molecule has 3 rings (SSSR count). The number of hydrogen-bond acceptors (Lipinski definition) is 7. The van der Waals surface area contributed by atoms with Crippen molar-refractivity contribution in [1.29, 1.82) is 0 Å². The van der Waals surface area contributed by atoms with Crippen molar-refractivity contribution in [3.8, 4) is 0 Å². The maximum atomic E-state index is 12.4. The molecule has 1 aliphatic rings. The monoisotopic (exact) mass is 423 g/mol. The van der Waals surface area contributed by atoms with E-state index < -0.39 is 17.9 Å². The minimum absolute atomic E-state index is 0.0322. The molecule has 0 bridgehead atoms. The first-order chi connectivity index (χ1) is 15.0. The third-order valence-electron chi connectivity index (χ3n) is 4.66. The van der Waals surface area contributed by atoms with E-state index in [4.69, 9.17) is 14.2 Å². The summed E-state index contributed by atoms with van der Waals surface area (Å²) >= 11 is 0. The largest absolute Gasteiger partial charge is 0.478 e. The fourth-order valence-electron chi connectivity index (χ4n) is 3.15. The minimum Gasteiger partial charge on any atom is -0.478 e. The molecule has 1 N–H and O–H groups in total. The van der Waals surface area contributed by atoms with Gasteiger partial charge in [-0.3, -0.25) is 0 Å². The van der Waals surface area contributed by atoms with Crippen molar-refractivity contribution in [2.24, 2.45) is 0 Å². The van der Waals surface area contributed by atoms with Gasteiger partial charge in [0.2, 0.25) is 0 Å². The Balaban J connectivity index is 1.97. The van der Waals surface area contributed by atoms with Crippen LogP contribution in [0.4, 0.5) is 5.69 Å². The van der Waals surface area contributed by atoms with Crippen LogP contribution in [0.2, 0.25) is 0 Å². The van der Waals surface area contributed by atoms with E-state index in [0.29, 0.717) is 16.8 Å². The molecule has 0 aromatic heterocycles. The lowest BCUT2D eigenvalue weighted by atomic mass is 10.0. The number of nitrogens with zero attached hydrogens (tertiary/aromatic N) is 1. The number of carboxylic acids is 1. The molecule has 0 atom stereocenters. The van der Waals surface area contributed by atoms with Crippen LogP contribution in [0, 0.1) is 0 Å². The molecule has 0 unspecified atom stereocenters. The number of hydrogen-bond donors (Lipinski definition) is 1. The first-order valence-corrected chi connectivity index (χ1v) is 9.31. The Labute approximate surface area is 178 Å². The summed E-state index contributed by atoms with van der Waals surface area (Å²) in [6, 6.07) is 15.6. The molecular formula is C23H21NO7. The topological polar surface area (TPSA) is 102 Å². The molecule has 0 saturated carbocycles. The van der Waals surface area contributed by atoms with Crippen LogP contribution >= 0.6 is 0 Å². The van der Waals surface area contributed by atoms with Crippen LogP contribution in [-0.2, 0) is 28.6 Å². The van der Waals surface area contributed by atoms with Gasteiger partial charge in [0.15, 0.2) is 0 Å². The van der Waals surface area contributed by atoms with E-state index in [1.807, 2.05) is 6.07 Å². The number of aliphatic carboxylic acids is 1. The number of benzene rings is 2. The zero-order valence-corrected chi connectivity index (χ0v) is 17.0. The molecule has 0 amide bonds. The normalized spacial score (nSPS) is 14.3. The van der Waals surface area contributed by atoms with E-state index >= 15 is 0 Å². The highest BCUT2D eigenvalue weighted by molar-refractivity contribution is 6.20. The lowest BCUT2D eigenvalue weighted by Crippen LogP contribution is -2.38. The second kappa shape index (κ2) is 9.73. The molecule has 2 aromatic rings. The molecule has 0 saturated heterocycles. The van der Waals surface area contributed by atoms with Gasteiger partial charge in [0.25, 0.3) is 0 Å². The lowest BCUT2D eigenvalue weighted by molar-refractivity contribution is -0.140. The summed E-state index contributed by atoms with van der Waals surface area (Å²) in [4.78, 5) is 37.7. The zero-order chi connectivity index (χ0) is 22.4. The van der Waals surface area contributed by atoms with Crippen LogP contribution in [0.1, 0.15) is 11.1 Å². The molecule has 160 valence electrons. The molecule has 0 radical (unpaired) electrons. The van der Waals surface area contributed by atoms with E-state index in [2.05, 4.69) is 0 Å². The lowest BCUT2D eigenvalue weighted by Gasteiger charge is -2.31. The Morgan fingerprint density at radius 1 is 0.968 bits per heavy atom. The van der Waals surface area contributed by atoms with Crippen LogP contribution in [0.15, 0.2) is 65.9 Å². The second-order valence-electron chi connectivity index (χ2n) is 6.54. The molecule has 1 heterocycles. The number of carbonyl (C=O) groups is 3. The maximum Gasteiger partial charge on any atom is 0.355 e. The number of carbonyl (C=O) groups excluding carboxylic acids is 2. The summed E-state index contributed by atoms with van der Waals surface area (Å²) in [6.45, 7) is -0.0437. The molecule has 8 heteroatoms. The highest BCUT2D eigenvalue weighted by Crippen LogP contribution is 2.28. The number of methoxy groups -OCH3 is 2. The highest BCUT2D eigenvalue weighted by atomic mass is 16.5. The van der Waals surface area contributed by atoms with Gasteiger partial charge in [-0.1, -0.05) is 42.5 Å². The predicted molar refractivity (Wildman–Crippen MR) is 113 cm³/mol. The van der Waals surface area contributed by atoms with Crippen LogP contribution in [0.25, 0.3) is 11.6 Å². The van der Waals surface area contributed by atoms with Gasteiger partial charge >= 0.3 is 17.9 Å². The Hall–Kier alpha value is -3.91. The van der Waals surface area contributed by atoms with Crippen molar-refractivity contribution < 1.29 is 33.7 Å². The van der Waals surface area contributed by atoms with Crippen molar-refractivity contribution in [2.45, 2.75) is 0 Å². The van der Waals surface area contributed by atoms with Crippen molar-refractivity contribution in [1.82, 2.24) is 0 Å². The third-order valence-corrected chi connectivity index (χ3v) is 4.66. The maximum absolute atomic E-state index is 12.4. The van der Waals surface area contributed by atoms with Gasteiger partial charge in [-0.15, -0.1) is 0 Å². The van der Waals surface area contributed by atoms with E-state index in [0.717, 1.165) is 0 Å². The smallest absolute Gasteiger partial charge is 0.355 e. The number of ether oxygens (including phenoxy) is 3. The van der Waals surface area contributed by atoms with Crippen LogP contribution in [-0.4, -0.2) is 50.6 Å². The van der Waals surface area contributed by atoms with E-state index in [9.17, 15) is 19.5 Å². The summed E-state index contributed by atoms with van der Waals surface area (Å²) in [5.74, 6) is -2.41. The summed E-state index contributed by atoms with van der Waals surface area (Å²) in [5.41, 5.74) is 2.05. The molecular weight excluding hydrogens is 402 g/mol. The Morgan fingerprint density at radius 2 is 1.61 bits per heavy atom. The third kappa shape index (κ3) is 4.81. The van der Waals surface area contributed by atoms with Crippen LogP contribution in [0.3, 0.4) is 0 Å². The molecule has 1 aliphatic heterocycles. The van der Waals surface area contributed by atoms with Crippen molar-refractivity contribution >= 4 is 35.2 Å². The van der Waals surface area contributed by atoms with Crippen LogP contribution < -0.4 is 4.90 Å². The fourth-order valence-corrected chi connectivity index (χ4v) is 3.15. The van der Waals surface area contributed by atoms with Gasteiger partial charge < -0.3 is 24.2 Å². The summed E-state index contributed by atoms with van der Waals surface area (Å²) in [7, 11) is 2.44. The van der Waals surface area contributed by atoms with Crippen molar-refractivity contribution in [3.05, 3.63) is 77.0 Å². The van der Waals surface area contributed by atoms with E-state index in [-0.39, 0.29) is 30.2 Å². The highest BCUT2D eigenvalue weighted by Gasteiger charge is 2.32. The zero-order valence-electron chi connectivity index (χ0n) is 17.0. The van der Waals surface area contributed by atoms with E-state index in [1.165, 1.54) is 19.1 Å². The quantitative estimate of drug-likeness (QED) is 0.430. The summed E-state index contributed by atoms with van der Waals surface area (Å²) in [6.07, 6.45) is 1.56. The minimum atomic E-state index is -1.04. The molecule has 8 nitrogen and oxygen atoms in total. The number of anilines is 1. The first-order valence-electron chi connectivity index (χ1n) is 9.31. The van der Waals surface area contributed by atoms with Gasteiger partial charge in [0.1, 0.15) is 12.4 Å². The van der Waals surface area contributed by atoms with Gasteiger partial charge in [-0.2, -0.15) is 0 Å². The van der Waals surface area contributed by atoms with Crippen molar-refractivity contribution in [3.63, 3.8) is 0 Å². The average molecular weight is 423 g/mol. The Bertz CT molecular complexity index is 1040. The first kappa shape index (κ1) is 21.8. The Kier molecular flexibility index (Phi) is 6.84. The molecule has 2 aromatic carbocycles. The van der Waals surface area contributed by atoms with Crippen molar-refractivity contribution in [2.75, 3.05) is 32.5 Å². The Morgan fingerprint density at radius 3 is 2.19 bits per heavy atom. The molecule has 31 heavy (non-hydrogen) atoms. The fraction of sp³-hybridized carbons (Fsp3) is 0.174. The molecule has 0 aliphatic carbocycles. The SMILES string of the molecule is COC(=O)C1=C(C(=O)OC)N(c2ccc(C=C(C(=O)O)c3ccccc3)cc2)COC1. The van der Waals surface area contributed by atoms with Crippen LogP contribution in [0.5, 0.6) is 0 Å². The number of carboxylic acid groups (broad SMARTS) is 1. The van der Waals surface area contributed by atoms with Gasteiger partial charge in [0, 0.05) is 5.69 Å². The predicted octanol–water partition coefficient (Wildman–Crippen LogP) is 2.71. The average Bonchev–Trinajstić information content (AvgIpc) is 2.81. The molecule has 0 spiro atoms. The summed E-state index contributed by atoms with van der Waals surface area (Å²) in [5, 5.41) is 9.58. The van der Waals surface area contributed by atoms with Gasteiger partial charge in [-0.05, 0) is 29.3 Å². The number of rotatable bonds is 6. The second-order valence-corrected chi connectivity index (χ2v) is 6.54. The number of esters is 2. The summed E-state index contributed by atoms with van der Waals surface area (Å²) < 4.78 is 15.0. The van der Waals surface area contributed by atoms with Gasteiger partial charge in [-0.25, -0.2) is 14.4 Å². The molecule has 0 fully saturated rings. The van der Waals surface area contributed by atoms with Gasteiger partial charge in [0.05, 0.1) is 32.0 Å².